The quantitative estimate of drug-likeness (QED) is 0.608. The number of fused-ring (bicyclic) bond motifs is 5. The van der Waals surface area contributed by atoms with Crippen molar-refractivity contribution < 1.29 is 38.5 Å². The highest BCUT2D eigenvalue weighted by molar-refractivity contribution is 6.01. The summed E-state index contributed by atoms with van der Waals surface area (Å²) in [5, 5.41) is 21.8. The smallest absolute Gasteiger partial charge is 0.478 e. The van der Waals surface area contributed by atoms with Gasteiger partial charge in [-0.05, 0) is 55.2 Å². The average Bonchev–Trinajstić information content (AvgIpc) is 2.95. The lowest BCUT2D eigenvalue weighted by Gasteiger charge is -2.59. The molecule has 0 spiro atoms. The fourth-order valence-electron chi connectivity index (χ4n) is 7.72. The topological polar surface area (TPSA) is 110 Å². The number of hydrogen-bond acceptors (Lipinski definition) is 6. The highest BCUT2D eigenvalue weighted by atomic mass is 19.1. The lowest BCUT2D eigenvalue weighted by molar-refractivity contribution is -0.203. The predicted octanol–water partition coefficient (Wildman–Crippen LogP) is 3.85. The van der Waals surface area contributed by atoms with Crippen molar-refractivity contribution in [1.29, 1.82) is 0 Å². The Morgan fingerprint density at radius 3 is 2.61 bits per heavy atom. The number of carboxylic acids is 1. The number of allylic oxidation sites excluding steroid dienone is 4. The summed E-state index contributed by atoms with van der Waals surface area (Å²) in [6.07, 6.45) is 2.24. The van der Waals surface area contributed by atoms with Crippen LogP contribution in [-0.4, -0.2) is 52.6 Å². The molecule has 0 heterocycles. The number of carbonyl (C=O) groups excluding carboxylic acids is 2. The maximum Gasteiger partial charge on any atom is 0.509 e. The SMILES string of the molecule is CCCOC(=O)O[C@]1(C(=O)O)[C@H](C)C[C@H]2[C@@H]3C[C@H](F)C4=CC(=O)C=C[C@]4(C)[C@H]3[C@@H](O)C[C@@]21C. The third-order valence-electron chi connectivity index (χ3n) is 9.00. The summed E-state index contributed by atoms with van der Waals surface area (Å²) in [5.74, 6) is -3.11. The van der Waals surface area contributed by atoms with Crippen LogP contribution in [0.25, 0.3) is 0 Å². The second-order valence-corrected chi connectivity index (χ2v) is 10.7. The molecule has 4 rings (SSSR count). The predicted molar refractivity (Wildman–Crippen MR) is 116 cm³/mol. The standard InChI is InChI=1S/C25H33FO7/c1-5-8-32-22(31)33-25(21(29)30)13(2)9-16-15-11-18(26)17-10-14(27)6-7-23(17,3)20(15)19(28)12-24(16,25)4/h6-7,10,13,15-16,18-20,28H,5,8-9,11-12H2,1-4H3,(H,29,30)/t13-,15+,16+,18+,19+,20-,23+,24+,25+/m1/s1. The number of aliphatic carboxylic acids is 1. The minimum absolute atomic E-state index is 0.0815. The molecule has 0 bridgehead atoms. The Balaban J connectivity index is 1.76. The van der Waals surface area contributed by atoms with Crippen molar-refractivity contribution in [3.63, 3.8) is 0 Å². The number of halogens is 1. The fourth-order valence-corrected chi connectivity index (χ4v) is 7.72. The molecule has 182 valence electrons. The second kappa shape index (κ2) is 7.93. The van der Waals surface area contributed by atoms with Gasteiger partial charge in [-0.25, -0.2) is 14.0 Å². The van der Waals surface area contributed by atoms with Crippen LogP contribution in [0.4, 0.5) is 9.18 Å². The van der Waals surface area contributed by atoms with Crippen LogP contribution in [0, 0.1) is 34.5 Å². The van der Waals surface area contributed by atoms with Gasteiger partial charge in [0.15, 0.2) is 5.78 Å². The van der Waals surface area contributed by atoms with Crippen LogP contribution in [0.3, 0.4) is 0 Å². The first-order valence-corrected chi connectivity index (χ1v) is 11.8. The van der Waals surface area contributed by atoms with Crippen molar-refractivity contribution in [3.8, 4) is 0 Å². The third kappa shape index (κ3) is 3.20. The molecule has 4 aliphatic rings. The molecular weight excluding hydrogens is 431 g/mol. The van der Waals surface area contributed by atoms with Crippen molar-refractivity contribution in [1.82, 2.24) is 0 Å². The Morgan fingerprint density at radius 1 is 1.27 bits per heavy atom. The third-order valence-corrected chi connectivity index (χ3v) is 9.00. The molecule has 0 aromatic rings. The fraction of sp³-hybridized carbons (Fsp3) is 0.720. The van der Waals surface area contributed by atoms with Gasteiger partial charge in [-0.1, -0.05) is 33.8 Å². The molecule has 3 saturated carbocycles. The molecule has 0 aliphatic heterocycles. The largest absolute Gasteiger partial charge is 0.509 e. The van der Waals surface area contributed by atoms with E-state index in [2.05, 4.69) is 0 Å². The van der Waals surface area contributed by atoms with Gasteiger partial charge in [0.1, 0.15) is 6.17 Å². The van der Waals surface area contributed by atoms with E-state index in [4.69, 9.17) is 9.47 Å². The van der Waals surface area contributed by atoms with E-state index in [1.807, 2.05) is 13.8 Å². The summed E-state index contributed by atoms with van der Waals surface area (Å²) in [4.78, 5) is 37.1. The summed E-state index contributed by atoms with van der Waals surface area (Å²) >= 11 is 0. The maximum atomic E-state index is 15.5. The van der Waals surface area contributed by atoms with E-state index >= 15 is 4.39 Å². The minimum atomic E-state index is -1.89. The van der Waals surface area contributed by atoms with E-state index in [9.17, 15) is 24.6 Å². The van der Waals surface area contributed by atoms with Gasteiger partial charge < -0.3 is 19.7 Å². The maximum absolute atomic E-state index is 15.5. The Hall–Kier alpha value is -2.22. The second-order valence-electron chi connectivity index (χ2n) is 10.7. The molecule has 33 heavy (non-hydrogen) atoms. The number of rotatable bonds is 4. The molecule has 0 aromatic heterocycles. The van der Waals surface area contributed by atoms with E-state index < -0.39 is 46.7 Å². The number of alkyl halides is 1. The molecule has 7 nitrogen and oxygen atoms in total. The van der Waals surface area contributed by atoms with Crippen LogP contribution in [0.1, 0.15) is 53.4 Å². The monoisotopic (exact) mass is 464 g/mol. The summed E-state index contributed by atoms with van der Waals surface area (Å²) in [6.45, 7) is 7.24. The van der Waals surface area contributed by atoms with Gasteiger partial charge in [0.2, 0.25) is 5.60 Å². The summed E-state index contributed by atoms with van der Waals surface area (Å²) in [6, 6.07) is 0. The van der Waals surface area contributed by atoms with E-state index in [-0.39, 0.29) is 43.0 Å². The number of carbonyl (C=O) groups is 3. The number of aliphatic hydroxyl groups is 1. The van der Waals surface area contributed by atoms with Gasteiger partial charge in [0.25, 0.3) is 0 Å². The number of ether oxygens (including phenoxy) is 2. The van der Waals surface area contributed by atoms with E-state index in [1.165, 1.54) is 12.2 Å². The summed E-state index contributed by atoms with van der Waals surface area (Å²) in [5.41, 5.74) is -3.46. The Kier molecular flexibility index (Phi) is 5.75. The van der Waals surface area contributed by atoms with E-state index in [0.29, 0.717) is 18.4 Å². The van der Waals surface area contributed by atoms with Crippen molar-refractivity contribution in [2.24, 2.45) is 34.5 Å². The normalized spacial score (nSPS) is 46.0. The zero-order valence-corrected chi connectivity index (χ0v) is 19.5. The molecule has 0 saturated heterocycles. The van der Waals surface area contributed by atoms with Crippen LogP contribution in [0.5, 0.6) is 0 Å². The summed E-state index contributed by atoms with van der Waals surface area (Å²) < 4.78 is 26.1. The molecular formula is C25H33FO7. The Labute approximate surface area is 193 Å². The Bertz CT molecular complexity index is 928. The van der Waals surface area contributed by atoms with Gasteiger partial charge in [-0.15, -0.1) is 0 Å². The van der Waals surface area contributed by atoms with Crippen molar-refractivity contribution in [2.45, 2.75) is 71.3 Å². The highest BCUT2D eigenvalue weighted by Crippen LogP contribution is 2.69. The number of carboxylic acid groups (broad SMARTS) is 1. The van der Waals surface area contributed by atoms with Crippen LogP contribution in [0.2, 0.25) is 0 Å². The van der Waals surface area contributed by atoms with E-state index in [1.54, 1.807) is 19.9 Å². The molecule has 0 unspecified atom stereocenters. The number of hydrogen-bond donors (Lipinski definition) is 2. The zero-order chi connectivity index (χ0) is 24.3. The molecule has 3 fully saturated rings. The average molecular weight is 465 g/mol. The van der Waals surface area contributed by atoms with Gasteiger partial charge in [0.05, 0.1) is 12.7 Å². The lowest BCUT2D eigenvalue weighted by atomic mass is 9.46. The lowest BCUT2D eigenvalue weighted by Crippen LogP contribution is -2.64. The number of ketones is 1. The number of aliphatic hydroxyl groups excluding tert-OH is 1. The molecule has 0 radical (unpaired) electrons. The van der Waals surface area contributed by atoms with Crippen molar-refractivity contribution in [3.05, 3.63) is 23.8 Å². The minimum Gasteiger partial charge on any atom is -0.478 e. The van der Waals surface area contributed by atoms with Crippen LogP contribution in [0.15, 0.2) is 23.8 Å². The van der Waals surface area contributed by atoms with Crippen molar-refractivity contribution in [2.75, 3.05) is 6.61 Å². The van der Waals surface area contributed by atoms with Crippen LogP contribution >= 0.6 is 0 Å². The first-order chi connectivity index (χ1) is 15.4. The van der Waals surface area contributed by atoms with Gasteiger partial charge in [0, 0.05) is 22.7 Å². The van der Waals surface area contributed by atoms with Crippen LogP contribution in [-0.2, 0) is 19.1 Å². The van der Waals surface area contributed by atoms with Crippen LogP contribution < -0.4 is 0 Å². The molecule has 8 heteroatoms. The van der Waals surface area contributed by atoms with E-state index in [0.717, 1.165) is 0 Å². The first kappa shape index (κ1) is 23.9. The van der Waals surface area contributed by atoms with Gasteiger partial charge in [-0.2, -0.15) is 0 Å². The highest BCUT2D eigenvalue weighted by Gasteiger charge is 2.74. The molecule has 2 N–H and O–H groups in total. The molecule has 0 amide bonds. The molecule has 0 aromatic carbocycles. The zero-order valence-electron chi connectivity index (χ0n) is 19.5. The van der Waals surface area contributed by atoms with Crippen molar-refractivity contribution >= 4 is 17.9 Å². The molecule has 9 atom stereocenters. The Morgan fingerprint density at radius 2 is 1.97 bits per heavy atom. The van der Waals surface area contributed by atoms with Gasteiger partial charge in [-0.3, -0.25) is 4.79 Å². The van der Waals surface area contributed by atoms with Gasteiger partial charge >= 0.3 is 12.1 Å². The molecule has 4 aliphatic carbocycles. The first-order valence-electron chi connectivity index (χ1n) is 11.8. The summed E-state index contributed by atoms with van der Waals surface area (Å²) in [7, 11) is 0.